The smallest absolute Gasteiger partial charge is 0.265 e. The van der Waals surface area contributed by atoms with Gasteiger partial charge in [0.2, 0.25) is 0 Å². The topological polar surface area (TPSA) is 67.4 Å². The van der Waals surface area contributed by atoms with E-state index < -0.39 is 0 Å². The Morgan fingerprint density at radius 1 is 1.23 bits per heavy atom. The van der Waals surface area contributed by atoms with E-state index in [0.29, 0.717) is 40.2 Å². The summed E-state index contributed by atoms with van der Waals surface area (Å²) in [5.41, 5.74) is 0.858. The molecule has 0 aliphatic carbocycles. The second-order valence-corrected chi connectivity index (χ2v) is 7.56. The van der Waals surface area contributed by atoms with Crippen LogP contribution in [0.1, 0.15) is 40.3 Å². The van der Waals surface area contributed by atoms with Gasteiger partial charge in [-0.15, -0.1) is 11.3 Å². The van der Waals surface area contributed by atoms with Crippen molar-refractivity contribution in [1.29, 1.82) is 0 Å². The number of carbonyl (C=O) groups excluding carboxylic acids is 2. The van der Waals surface area contributed by atoms with Crippen LogP contribution in [-0.4, -0.2) is 31.6 Å². The third kappa shape index (κ3) is 6.44. The SMILES string of the molecule is CC(C)COCCCNC(=O)c1ccc(Cl)c(NC(=O)c2cccs2)c1. The predicted octanol–water partition coefficient (Wildman–Crippen LogP) is 4.45. The number of halogens is 1. The Bertz CT molecular complexity index is 732. The van der Waals surface area contributed by atoms with Crippen LogP contribution in [0.25, 0.3) is 0 Å². The average molecular weight is 395 g/mol. The maximum atomic E-state index is 12.3. The highest BCUT2D eigenvalue weighted by Gasteiger charge is 2.12. The van der Waals surface area contributed by atoms with Gasteiger partial charge >= 0.3 is 0 Å². The van der Waals surface area contributed by atoms with Crippen LogP contribution in [0.3, 0.4) is 0 Å². The molecule has 0 fully saturated rings. The molecule has 2 N–H and O–H groups in total. The van der Waals surface area contributed by atoms with E-state index in [0.717, 1.165) is 13.0 Å². The number of anilines is 1. The number of amides is 2. The molecule has 0 atom stereocenters. The second-order valence-electron chi connectivity index (χ2n) is 6.20. The summed E-state index contributed by atoms with van der Waals surface area (Å²) in [6, 6.07) is 8.35. The molecule has 0 radical (unpaired) electrons. The molecule has 0 saturated heterocycles. The minimum absolute atomic E-state index is 0.211. The number of hydrogen-bond acceptors (Lipinski definition) is 4. The molecule has 0 spiro atoms. The molecule has 1 aromatic carbocycles. The molecule has 0 saturated carbocycles. The first-order chi connectivity index (χ1) is 12.5. The van der Waals surface area contributed by atoms with E-state index in [1.807, 2.05) is 5.38 Å². The third-order valence-corrected chi connectivity index (χ3v) is 4.62. The van der Waals surface area contributed by atoms with Gasteiger partial charge in [-0.3, -0.25) is 9.59 Å². The number of carbonyl (C=O) groups is 2. The third-order valence-electron chi connectivity index (χ3n) is 3.42. The molecule has 1 aromatic heterocycles. The van der Waals surface area contributed by atoms with Crippen LogP contribution in [0.5, 0.6) is 0 Å². The molecule has 0 bridgehead atoms. The zero-order valence-corrected chi connectivity index (χ0v) is 16.5. The fourth-order valence-corrected chi connectivity index (χ4v) is 2.93. The molecule has 140 valence electrons. The standard InChI is InChI=1S/C19H23ClN2O3S/c1-13(2)12-25-9-4-8-21-18(23)14-6-7-15(20)16(11-14)22-19(24)17-5-3-10-26-17/h3,5-7,10-11,13H,4,8-9,12H2,1-2H3,(H,21,23)(H,22,24). The van der Waals surface area contributed by atoms with Gasteiger partial charge in [-0.25, -0.2) is 0 Å². The fourth-order valence-electron chi connectivity index (χ4n) is 2.15. The summed E-state index contributed by atoms with van der Waals surface area (Å²) in [6.45, 7) is 6.05. The lowest BCUT2D eigenvalue weighted by Crippen LogP contribution is -2.25. The van der Waals surface area contributed by atoms with Crippen molar-refractivity contribution in [2.24, 2.45) is 5.92 Å². The molecule has 0 aliphatic rings. The van der Waals surface area contributed by atoms with Gasteiger partial charge in [0.05, 0.1) is 15.6 Å². The van der Waals surface area contributed by atoms with Gasteiger partial charge in [0.15, 0.2) is 0 Å². The second kappa shape index (κ2) is 10.3. The Kier molecular flexibility index (Phi) is 8.09. The number of hydrogen-bond donors (Lipinski definition) is 2. The molecule has 2 amide bonds. The first kappa shape index (κ1) is 20.4. The van der Waals surface area contributed by atoms with Gasteiger partial charge in [0, 0.05) is 25.3 Å². The lowest BCUT2D eigenvalue weighted by atomic mass is 10.2. The number of nitrogens with one attached hydrogen (secondary N) is 2. The highest BCUT2D eigenvalue weighted by atomic mass is 35.5. The van der Waals surface area contributed by atoms with Crippen molar-refractivity contribution in [2.45, 2.75) is 20.3 Å². The van der Waals surface area contributed by atoms with Gasteiger partial charge in [-0.05, 0) is 42.0 Å². The summed E-state index contributed by atoms with van der Waals surface area (Å²) >= 11 is 7.47. The van der Waals surface area contributed by atoms with Crippen LogP contribution in [0.15, 0.2) is 35.7 Å². The van der Waals surface area contributed by atoms with Crippen LogP contribution < -0.4 is 10.6 Å². The molecule has 2 aromatic rings. The molecule has 5 nitrogen and oxygen atoms in total. The average Bonchev–Trinajstić information content (AvgIpc) is 3.14. The summed E-state index contributed by atoms with van der Waals surface area (Å²) in [4.78, 5) is 25.0. The minimum Gasteiger partial charge on any atom is -0.381 e. The molecule has 0 unspecified atom stereocenters. The molecular weight excluding hydrogens is 372 g/mol. The van der Waals surface area contributed by atoms with E-state index >= 15 is 0 Å². The van der Waals surface area contributed by atoms with E-state index in [1.54, 1.807) is 30.3 Å². The van der Waals surface area contributed by atoms with Crippen molar-refractivity contribution in [3.05, 3.63) is 51.2 Å². The van der Waals surface area contributed by atoms with Crippen molar-refractivity contribution in [3.63, 3.8) is 0 Å². The summed E-state index contributed by atoms with van der Waals surface area (Å²) in [5, 5.41) is 7.79. The largest absolute Gasteiger partial charge is 0.381 e. The lowest BCUT2D eigenvalue weighted by Gasteiger charge is -2.10. The Labute approximate surface area is 162 Å². The van der Waals surface area contributed by atoms with Crippen molar-refractivity contribution in [3.8, 4) is 0 Å². The molecule has 26 heavy (non-hydrogen) atoms. The number of benzene rings is 1. The summed E-state index contributed by atoms with van der Waals surface area (Å²) in [5.74, 6) is 0.0420. The Morgan fingerprint density at radius 3 is 2.73 bits per heavy atom. The van der Waals surface area contributed by atoms with E-state index in [4.69, 9.17) is 16.3 Å². The van der Waals surface area contributed by atoms with E-state index in [-0.39, 0.29) is 11.8 Å². The minimum atomic E-state index is -0.248. The zero-order valence-electron chi connectivity index (χ0n) is 14.9. The fraction of sp³-hybridized carbons (Fsp3) is 0.368. The van der Waals surface area contributed by atoms with Crippen molar-refractivity contribution < 1.29 is 14.3 Å². The Balaban J connectivity index is 1.87. The van der Waals surface area contributed by atoms with E-state index in [2.05, 4.69) is 24.5 Å². The molecule has 1 heterocycles. The van der Waals surface area contributed by atoms with Crippen LogP contribution in [-0.2, 0) is 4.74 Å². The molecule has 0 aliphatic heterocycles. The highest BCUT2D eigenvalue weighted by Crippen LogP contribution is 2.24. The normalized spacial score (nSPS) is 10.8. The predicted molar refractivity (Wildman–Crippen MR) is 106 cm³/mol. The monoisotopic (exact) mass is 394 g/mol. The number of thiophene rings is 1. The molecule has 7 heteroatoms. The van der Waals surface area contributed by atoms with Crippen molar-refractivity contribution in [1.82, 2.24) is 5.32 Å². The Morgan fingerprint density at radius 2 is 2.04 bits per heavy atom. The maximum Gasteiger partial charge on any atom is 0.265 e. The van der Waals surface area contributed by atoms with Crippen LogP contribution in [0.2, 0.25) is 5.02 Å². The van der Waals surface area contributed by atoms with Crippen molar-refractivity contribution >= 4 is 40.4 Å². The highest BCUT2D eigenvalue weighted by molar-refractivity contribution is 7.12. The van der Waals surface area contributed by atoms with Gasteiger partial charge < -0.3 is 15.4 Å². The van der Waals surface area contributed by atoms with Gasteiger partial charge in [-0.1, -0.05) is 31.5 Å². The molecular formula is C19H23ClN2O3S. The van der Waals surface area contributed by atoms with Crippen LogP contribution >= 0.6 is 22.9 Å². The van der Waals surface area contributed by atoms with Crippen LogP contribution in [0, 0.1) is 5.92 Å². The quantitative estimate of drug-likeness (QED) is 0.617. The van der Waals surface area contributed by atoms with Crippen LogP contribution in [0.4, 0.5) is 5.69 Å². The summed E-state index contributed by atoms with van der Waals surface area (Å²) < 4.78 is 5.48. The maximum absolute atomic E-state index is 12.3. The first-order valence-electron chi connectivity index (χ1n) is 8.47. The zero-order chi connectivity index (χ0) is 18.9. The summed E-state index contributed by atoms with van der Waals surface area (Å²) in [6.07, 6.45) is 0.744. The lowest BCUT2D eigenvalue weighted by molar-refractivity contribution is 0.0924. The first-order valence-corrected chi connectivity index (χ1v) is 9.73. The van der Waals surface area contributed by atoms with E-state index in [1.165, 1.54) is 11.3 Å². The number of rotatable bonds is 9. The Hall–Kier alpha value is -1.89. The molecule has 2 rings (SSSR count). The summed E-state index contributed by atoms with van der Waals surface area (Å²) in [7, 11) is 0. The van der Waals surface area contributed by atoms with Gasteiger partial charge in [-0.2, -0.15) is 0 Å². The van der Waals surface area contributed by atoms with Gasteiger partial charge in [0.1, 0.15) is 0 Å². The van der Waals surface area contributed by atoms with Gasteiger partial charge in [0.25, 0.3) is 11.8 Å². The van der Waals surface area contributed by atoms with E-state index in [9.17, 15) is 9.59 Å². The van der Waals surface area contributed by atoms with Crippen molar-refractivity contribution in [2.75, 3.05) is 25.1 Å². The number of ether oxygens (including phenoxy) is 1.